The Kier molecular flexibility index (Phi) is 7.41. The van der Waals surface area contributed by atoms with Gasteiger partial charge in [-0.15, -0.1) is 0 Å². The molecule has 0 aliphatic carbocycles. The number of nitrogens with zero attached hydrogens (tertiary/aromatic N) is 1. The van der Waals surface area contributed by atoms with Crippen LogP contribution >= 0.6 is 0 Å². The van der Waals surface area contributed by atoms with Crippen LogP contribution in [0, 0.1) is 0 Å². The van der Waals surface area contributed by atoms with Crippen molar-refractivity contribution in [3.05, 3.63) is 125 Å². The Labute approximate surface area is 207 Å². The lowest BCUT2D eigenvalue weighted by Crippen LogP contribution is -2.32. The molecule has 0 fully saturated rings. The summed E-state index contributed by atoms with van der Waals surface area (Å²) in [6, 6.07) is 29.7. The van der Waals surface area contributed by atoms with E-state index in [0.29, 0.717) is 17.2 Å². The average Bonchev–Trinajstić information content (AvgIpc) is 2.89. The summed E-state index contributed by atoms with van der Waals surface area (Å²) >= 11 is 0. The van der Waals surface area contributed by atoms with Gasteiger partial charge in [0.2, 0.25) is 5.91 Å². The Morgan fingerprint density at radius 3 is 1.83 bits per heavy atom. The first kappa shape index (κ1) is 24.2. The fourth-order valence-electron chi connectivity index (χ4n) is 3.72. The number of para-hydroxylation sites is 1. The molecule has 2 N–H and O–H groups in total. The summed E-state index contributed by atoms with van der Waals surface area (Å²) in [4.78, 5) is 38.1. The molecule has 1 amide bonds. The van der Waals surface area contributed by atoms with E-state index >= 15 is 0 Å². The number of amides is 1. The number of carbonyl (C=O) groups excluding carboxylic acids is 1. The minimum atomic E-state index is -1.38. The highest BCUT2D eigenvalue weighted by atomic mass is 16.5. The number of anilines is 1. The van der Waals surface area contributed by atoms with Crippen molar-refractivity contribution in [2.75, 3.05) is 4.90 Å². The van der Waals surface area contributed by atoms with Crippen LogP contribution < -0.4 is 9.64 Å². The van der Waals surface area contributed by atoms with Gasteiger partial charge in [0, 0.05) is 5.69 Å². The Hall–Kier alpha value is -4.91. The smallest absolute Gasteiger partial charge is 0.336 e. The van der Waals surface area contributed by atoms with E-state index in [1.54, 1.807) is 24.3 Å². The minimum Gasteiger partial charge on any atom is -0.478 e. The second kappa shape index (κ2) is 11.0. The molecule has 0 radical (unpaired) electrons. The molecule has 0 saturated carbocycles. The maximum Gasteiger partial charge on any atom is 0.336 e. The Bertz CT molecular complexity index is 1370. The summed E-state index contributed by atoms with van der Waals surface area (Å²) in [6.45, 7) is 0.195. The van der Waals surface area contributed by atoms with Gasteiger partial charge in [-0.3, -0.25) is 4.79 Å². The van der Waals surface area contributed by atoms with E-state index in [2.05, 4.69) is 0 Å². The van der Waals surface area contributed by atoms with E-state index < -0.39 is 11.9 Å². The summed E-state index contributed by atoms with van der Waals surface area (Å²) in [7, 11) is 0. The molecule has 0 aromatic heterocycles. The minimum absolute atomic E-state index is 0.0571. The maximum absolute atomic E-state index is 13.4. The highest BCUT2D eigenvalue weighted by Crippen LogP contribution is 2.25. The van der Waals surface area contributed by atoms with Crippen molar-refractivity contribution in [2.24, 2.45) is 0 Å². The lowest BCUT2D eigenvalue weighted by atomic mass is 10.0. The Balaban J connectivity index is 1.59. The highest BCUT2D eigenvalue weighted by Gasteiger charge is 2.22. The molecule has 0 heterocycles. The average molecular weight is 482 g/mol. The molecule has 0 bridgehead atoms. The molecule has 7 heteroatoms. The third-order valence-corrected chi connectivity index (χ3v) is 5.52. The first-order valence-electron chi connectivity index (χ1n) is 11.2. The molecule has 0 unspecified atom stereocenters. The first-order valence-corrected chi connectivity index (χ1v) is 11.2. The van der Waals surface area contributed by atoms with Gasteiger partial charge in [-0.1, -0.05) is 60.7 Å². The van der Waals surface area contributed by atoms with Gasteiger partial charge >= 0.3 is 11.9 Å². The summed E-state index contributed by atoms with van der Waals surface area (Å²) in [5.41, 5.74) is 1.17. The van der Waals surface area contributed by atoms with Gasteiger partial charge in [-0.05, 0) is 53.6 Å². The molecular formula is C29H23NO6. The molecule has 4 rings (SSSR count). The molecule has 0 saturated heterocycles. The Morgan fingerprint density at radius 1 is 0.639 bits per heavy atom. The number of carbonyl (C=O) groups is 3. The van der Waals surface area contributed by atoms with Crippen LogP contribution in [0.15, 0.2) is 103 Å². The van der Waals surface area contributed by atoms with Crippen LogP contribution in [0.5, 0.6) is 11.5 Å². The largest absolute Gasteiger partial charge is 0.478 e. The quantitative estimate of drug-likeness (QED) is 0.320. The fraction of sp³-hybridized carbons (Fsp3) is 0.0690. The summed E-state index contributed by atoms with van der Waals surface area (Å²) in [5, 5.41) is 18.9. The van der Waals surface area contributed by atoms with Crippen molar-refractivity contribution in [2.45, 2.75) is 13.0 Å². The monoisotopic (exact) mass is 481 g/mol. The summed E-state index contributed by atoms with van der Waals surface area (Å²) < 4.78 is 5.80. The van der Waals surface area contributed by atoms with Crippen molar-refractivity contribution in [3.63, 3.8) is 0 Å². The number of hydrogen-bond acceptors (Lipinski definition) is 4. The van der Waals surface area contributed by atoms with Crippen LogP contribution in [0.25, 0.3) is 0 Å². The van der Waals surface area contributed by atoms with Gasteiger partial charge < -0.3 is 19.8 Å². The number of hydrogen-bond donors (Lipinski definition) is 2. The second-order valence-corrected chi connectivity index (χ2v) is 8.04. The normalized spacial score (nSPS) is 10.4. The lowest BCUT2D eigenvalue weighted by molar-refractivity contribution is -0.118. The molecular weight excluding hydrogens is 458 g/mol. The molecule has 4 aromatic carbocycles. The van der Waals surface area contributed by atoms with Gasteiger partial charge in [-0.25, -0.2) is 9.59 Å². The molecule has 4 aromatic rings. The van der Waals surface area contributed by atoms with Crippen molar-refractivity contribution >= 4 is 23.5 Å². The first-order chi connectivity index (χ1) is 17.4. The van der Waals surface area contributed by atoms with Gasteiger partial charge in [0.15, 0.2) is 0 Å². The van der Waals surface area contributed by atoms with Crippen LogP contribution in [0.3, 0.4) is 0 Å². The van der Waals surface area contributed by atoms with E-state index in [1.807, 2.05) is 60.7 Å². The van der Waals surface area contributed by atoms with Crippen LogP contribution in [0.2, 0.25) is 0 Å². The van der Waals surface area contributed by atoms with Crippen LogP contribution in [-0.4, -0.2) is 28.1 Å². The fourth-order valence-corrected chi connectivity index (χ4v) is 3.72. The molecule has 0 aliphatic heterocycles. The number of aromatic carboxylic acids is 2. The van der Waals surface area contributed by atoms with Crippen LogP contribution in [-0.2, 0) is 17.8 Å². The SMILES string of the molecule is O=C(O)c1ccc(N(Cc2ccccc2)C(=O)Cc2ccc(Oc3ccccc3)cc2)cc1C(=O)O. The molecule has 7 nitrogen and oxygen atoms in total. The predicted molar refractivity (Wildman–Crippen MR) is 135 cm³/mol. The van der Waals surface area contributed by atoms with Gasteiger partial charge in [0.25, 0.3) is 0 Å². The molecule has 0 spiro atoms. The maximum atomic E-state index is 13.4. The zero-order valence-electron chi connectivity index (χ0n) is 19.2. The standard InChI is InChI=1S/C29H23NO6/c31-27(17-20-11-14-24(15-12-20)36-23-9-5-2-6-10-23)30(19-21-7-3-1-4-8-21)22-13-16-25(28(32)33)26(18-22)29(34)35/h1-16,18H,17,19H2,(H,32,33)(H,34,35). The van der Waals surface area contributed by atoms with Gasteiger partial charge in [0.1, 0.15) is 11.5 Å². The number of rotatable bonds is 9. The number of benzene rings is 4. The molecule has 0 atom stereocenters. The van der Waals surface area contributed by atoms with E-state index in [4.69, 9.17) is 4.74 Å². The predicted octanol–water partition coefficient (Wildman–Crippen LogP) is 5.65. The van der Waals surface area contributed by atoms with E-state index in [9.17, 15) is 24.6 Å². The van der Waals surface area contributed by atoms with Crippen molar-refractivity contribution < 1.29 is 29.3 Å². The summed E-state index contributed by atoms with van der Waals surface area (Å²) in [6.07, 6.45) is 0.0571. The topological polar surface area (TPSA) is 104 Å². The van der Waals surface area contributed by atoms with Crippen LogP contribution in [0.4, 0.5) is 5.69 Å². The van der Waals surface area contributed by atoms with Gasteiger partial charge in [-0.2, -0.15) is 0 Å². The van der Waals surface area contributed by atoms with Crippen molar-refractivity contribution in [1.82, 2.24) is 0 Å². The zero-order chi connectivity index (χ0) is 25.5. The number of ether oxygens (including phenoxy) is 1. The molecule has 36 heavy (non-hydrogen) atoms. The second-order valence-electron chi connectivity index (χ2n) is 8.04. The summed E-state index contributed by atoms with van der Waals surface area (Å²) in [5.74, 6) is -1.66. The Morgan fingerprint density at radius 2 is 1.22 bits per heavy atom. The third kappa shape index (κ3) is 5.95. The number of carboxylic acid groups (broad SMARTS) is 2. The molecule has 0 aliphatic rings. The number of carboxylic acids is 2. The van der Waals surface area contributed by atoms with Crippen molar-refractivity contribution in [3.8, 4) is 11.5 Å². The lowest BCUT2D eigenvalue weighted by Gasteiger charge is -2.24. The van der Waals surface area contributed by atoms with E-state index in [0.717, 1.165) is 11.1 Å². The zero-order valence-corrected chi connectivity index (χ0v) is 19.2. The van der Waals surface area contributed by atoms with Crippen LogP contribution in [0.1, 0.15) is 31.8 Å². The van der Waals surface area contributed by atoms with E-state index in [1.165, 1.54) is 23.1 Å². The third-order valence-electron chi connectivity index (χ3n) is 5.52. The van der Waals surface area contributed by atoms with Crippen molar-refractivity contribution in [1.29, 1.82) is 0 Å². The highest BCUT2D eigenvalue weighted by molar-refractivity contribution is 6.04. The molecule has 180 valence electrons. The van der Waals surface area contributed by atoms with Gasteiger partial charge in [0.05, 0.1) is 24.1 Å². The van der Waals surface area contributed by atoms with E-state index in [-0.39, 0.29) is 30.0 Å².